The largest absolute Gasteiger partial charge is 0.456 e. The predicted molar refractivity (Wildman–Crippen MR) is 69.2 cm³/mol. The highest BCUT2D eigenvalue weighted by atomic mass is 32.2. The summed E-state index contributed by atoms with van der Waals surface area (Å²) in [6, 6.07) is 15.4. The second kappa shape index (κ2) is 4.94. The number of rotatable bonds is 3. The van der Waals surface area contributed by atoms with Crippen LogP contribution < -0.4 is 10.5 Å². The van der Waals surface area contributed by atoms with Crippen LogP contribution in [0.2, 0.25) is 0 Å². The Bertz CT molecular complexity index is 471. The smallest absolute Gasteiger partial charge is 0.141 e. The number of anilines is 1. The third kappa shape index (κ3) is 2.49. The minimum absolute atomic E-state index is 0.754. The molecule has 0 aliphatic carbocycles. The lowest BCUT2D eigenvalue weighted by molar-refractivity contribution is 0.471. The summed E-state index contributed by atoms with van der Waals surface area (Å²) in [6.45, 7) is 0. The summed E-state index contributed by atoms with van der Waals surface area (Å²) < 4.78 is 5.78. The fraction of sp³-hybridized carbons (Fsp3) is 0.0769. The van der Waals surface area contributed by atoms with Crippen molar-refractivity contribution < 1.29 is 4.74 Å². The van der Waals surface area contributed by atoms with Gasteiger partial charge in [-0.2, -0.15) is 0 Å². The monoisotopic (exact) mass is 231 g/mol. The van der Waals surface area contributed by atoms with E-state index in [0.717, 1.165) is 22.1 Å². The summed E-state index contributed by atoms with van der Waals surface area (Å²) >= 11 is 1.62. The first-order chi connectivity index (χ1) is 7.79. The number of hydrogen-bond acceptors (Lipinski definition) is 3. The molecule has 0 aromatic heterocycles. The fourth-order valence-corrected chi connectivity index (χ4v) is 1.95. The standard InChI is InChI=1S/C13H13NOS/c1-16-13-9-10(14)7-8-12(13)15-11-5-3-2-4-6-11/h2-9H,14H2,1H3. The van der Waals surface area contributed by atoms with Gasteiger partial charge in [0, 0.05) is 5.69 Å². The van der Waals surface area contributed by atoms with Gasteiger partial charge in [-0.15, -0.1) is 11.8 Å². The maximum absolute atomic E-state index is 5.78. The molecule has 2 nitrogen and oxygen atoms in total. The Morgan fingerprint density at radius 2 is 1.81 bits per heavy atom. The molecule has 0 heterocycles. The van der Waals surface area contributed by atoms with Gasteiger partial charge in [0.2, 0.25) is 0 Å². The zero-order valence-electron chi connectivity index (χ0n) is 9.01. The SMILES string of the molecule is CSc1cc(N)ccc1Oc1ccccc1. The van der Waals surface area contributed by atoms with Gasteiger partial charge in [0.1, 0.15) is 11.5 Å². The molecule has 0 fully saturated rings. The van der Waals surface area contributed by atoms with Crippen molar-refractivity contribution in [3.63, 3.8) is 0 Å². The van der Waals surface area contributed by atoms with Crippen LogP contribution >= 0.6 is 11.8 Å². The van der Waals surface area contributed by atoms with Crippen LogP contribution in [-0.4, -0.2) is 6.26 Å². The van der Waals surface area contributed by atoms with Crippen molar-refractivity contribution in [3.8, 4) is 11.5 Å². The third-order valence-electron chi connectivity index (χ3n) is 2.16. The number of para-hydroxylation sites is 1. The maximum Gasteiger partial charge on any atom is 0.141 e. The fourth-order valence-electron chi connectivity index (χ4n) is 1.38. The molecular weight excluding hydrogens is 218 g/mol. The van der Waals surface area contributed by atoms with E-state index >= 15 is 0 Å². The van der Waals surface area contributed by atoms with Gasteiger partial charge in [0.15, 0.2) is 0 Å². The van der Waals surface area contributed by atoms with Crippen molar-refractivity contribution >= 4 is 17.4 Å². The Morgan fingerprint density at radius 1 is 1.06 bits per heavy atom. The van der Waals surface area contributed by atoms with E-state index in [9.17, 15) is 0 Å². The molecule has 2 rings (SSSR count). The van der Waals surface area contributed by atoms with Gasteiger partial charge in [0.25, 0.3) is 0 Å². The van der Waals surface area contributed by atoms with Crippen LogP contribution in [0.15, 0.2) is 53.4 Å². The average molecular weight is 231 g/mol. The molecule has 0 aliphatic heterocycles. The Hall–Kier alpha value is -1.61. The molecule has 3 heteroatoms. The van der Waals surface area contributed by atoms with Crippen molar-refractivity contribution in [2.45, 2.75) is 4.90 Å². The van der Waals surface area contributed by atoms with Crippen LogP contribution in [0.5, 0.6) is 11.5 Å². The molecule has 0 aliphatic rings. The van der Waals surface area contributed by atoms with Crippen LogP contribution in [-0.2, 0) is 0 Å². The normalized spacial score (nSPS) is 10.1. The van der Waals surface area contributed by atoms with E-state index in [1.165, 1.54) is 0 Å². The van der Waals surface area contributed by atoms with Gasteiger partial charge in [-0.05, 0) is 36.6 Å². The highest BCUT2D eigenvalue weighted by Crippen LogP contribution is 2.32. The highest BCUT2D eigenvalue weighted by Gasteiger charge is 2.04. The van der Waals surface area contributed by atoms with E-state index in [0.29, 0.717) is 0 Å². The average Bonchev–Trinajstić information content (AvgIpc) is 2.33. The van der Waals surface area contributed by atoms with E-state index in [4.69, 9.17) is 10.5 Å². The molecule has 0 unspecified atom stereocenters. The lowest BCUT2D eigenvalue weighted by Gasteiger charge is -2.09. The first-order valence-corrected chi connectivity index (χ1v) is 6.18. The first-order valence-electron chi connectivity index (χ1n) is 4.96. The molecule has 2 N–H and O–H groups in total. The third-order valence-corrected chi connectivity index (χ3v) is 2.92. The van der Waals surface area contributed by atoms with Crippen molar-refractivity contribution in [3.05, 3.63) is 48.5 Å². The molecule has 0 atom stereocenters. The summed E-state index contributed by atoms with van der Waals surface area (Å²) in [6.07, 6.45) is 2.01. The van der Waals surface area contributed by atoms with Crippen molar-refractivity contribution in [2.75, 3.05) is 12.0 Å². The molecule has 0 radical (unpaired) electrons. The summed E-state index contributed by atoms with van der Waals surface area (Å²) in [5.41, 5.74) is 6.48. The van der Waals surface area contributed by atoms with Crippen molar-refractivity contribution in [1.29, 1.82) is 0 Å². The number of nitrogens with two attached hydrogens (primary N) is 1. The molecule has 0 amide bonds. The molecule has 2 aromatic rings. The van der Waals surface area contributed by atoms with E-state index in [1.54, 1.807) is 11.8 Å². The molecule has 82 valence electrons. The summed E-state index contributed by atoms with van der Waals surface area (Å²) in [4.78, 5) is 1.05. The van der Waals surface area contributed by atoms with Gasteiger partial charge in [0.05, 0.1) is 4.90 Å². The van der Waals surface area contributed by atoms with Gasteiger partial charge >= 0.3 is 0 Å². The van der Waals surface area contributed by atoms with Crippen molar-refractivity contribution in [2.24, 2.45) is 0 Å². The molecule has 0 spiro atoms. The minimum atomic E-state index is 0.754. The molecule has 0 saturated carbocycles. The Kier molecular flexibility index (Phi) is 3.37. The zero-order chi connectivity index (χ0) is 11.4. The topological polar surface area (TPSA) is 35.2 Å². The number of ether oxygens (including phenoxy) is 1. The summed E-state index contributed by atoms with van der Waals surface area (Å²) in [5, 5.41) is 0. The summed E-state index contributed by atoms with van der Waals surface area (Å²) in [5.74, 6) is 1.68. The van der Waals surface area contributed by atoms with Crippen LogP contribution in [0, 0.1) is 0 Å². The second-order valence-electron chi connectivity index (χ2n) is 3.33. The number of benzene rings is 2. The Balaban J connectivity index is 2.28. The second-order valence-corrected chi connectivity index (χ2v) is 4.17. The summed E-state index contributed by atoms with van der Waals surface area (Å²) in [7, 11) is 0. The van der Waals surface area contributed by atoms with Gasteiger partial charge in [-0.25, -0.2) is 0 Å². The number of thioether (sulfide) groups is 1. The Labute approximate surface area is 99.4 Å². The highest BCUT2D eigenvalue weighted by molar-refractivity contribution is 7.98. The predicted octanol–water partition coefficient (Wildman–Crippen LogP) is 3.78. The van der Waals surface area contributed by atoms with Crippen LogP contribution in [0.25, 0.3) is 0 Å². The molecular formula is C13H13NOS. The van der Waals surface area contributed by atoms with Crippen molar-refractivity contribution in [1.82, 2.24) is 0 Å². The van der Waals surface area contributed by atoms with E-state index in [-0.39, 0.29) is 0 Å². The van der Waals surface area contributed by atoms with E-state index in [2.05, 4.69) is 0 Å². The minimum Gasteiger partial charge on any atom is -0.456 e. The first kappa shape index (κ1) is 10.9. The van der Waals surface area contributed by atoms with Crippen LogP contribution in [0.3, 0.4) is 0 Å². The lowest BCUT2D eigenvalue weighted by atomic mass is 10.3. The zero-order valence-corrected chi connectivity index (χ0v) is 9.83. The number of hydrogen-bond donors (Lipinski definition) is 1. The van der Waals surface area contributed by atoms with Gasteiger partial charge < -0.3 is 10.5 Å². The van der Waals surface area contributed by atoms with Crippen LogP contribution in [0.1, 0.15) is 0 Å². The van der Waals surface area contributed by atoms with Gasteiger partial charge in [-0.1, -0.05) is 18.2 Å². The van der Waals surface area contributed by atoms with E-state index < -0.39 is 0 Å². The quantitative estimate of drug-likeness (QED) is 0.645. The molecule has 16 heavy (non-hydrogen) atoms. The molecule has 2 aromatic carbocycles. The maximum atomic E-state index is 5.78. The van der Waals surface area contributed by atoms with Crippen LogP contribution in [0.4, 0.5) is 5.69 Å². The molecule has 0 bridgehead atoms. The Morgan fingerprint density at radius 3 is 2.50 bits per heavy atom. The van der Waals surface area contributed by atoms with E-state index in [1.807, 2.05) is 54.8 Å². The van der Waals surface area contributed by atoms with Gasteiger partial charge in [-0.3, -0.25) is 0 Å². The lowest BCUT2D eigenvalue weighted by Crippen LogP contribution is -1.89. The molecule has 0 saturated heterocycles. The number of nitrogen functional groups attached to an aromatic ring is 1.